The number of aromatic nitrogens is 3. The van der Waals surface area contributed by atoms with Crippen LogP contribution in [0.25, 0.3) is 21.9 Å². The topological polar surface area (TPSA) is 83.0 Å². The van der Waals surface area contributed by atoms with Gasteiger partial charge in [0.25, 0.3) is 0 Å². The Balaban J connectivity index is 1.90. The Morgan fingerprint density at radius 3 is 2.40 bits per heavy atom. The molecule has 6 nitrogen and oxygen atoms in total. The third-order valence-corrected chi connectivity index (χ3v) is 4.18. The fourth-order valence-corrected chi connectivity index (χ4v) is 2.84. The molecular formula is C19H16N4O2. The van der Waals surface area contributed by atoms with Gasteiger partial charge < -0.3 is 9.97 Å². The van der Waals surface area contributed by atoms with Crippen LogP contribution in [0.4, 0.5) is 0 Å². The van der Waals surface area contributed by atoms with Crippen molar-refractivity contribution in [2.24, 2.45) is 5.10 Å². The van der Waals surface area contributed by atoms with Crippen molar-refractivity contribution >= 4 is 28.2 Å². The molecule has 0 atom stereocenters. The van der Waals surface area contributed by atoms with E-state index in [0.29, 0.717) is 11.0 Å². The van der Waals surface area contributed by atoms with Crippen molar-refractivity contribution in [2.45, 2.75) is 13.8 Å². The summed E-state index contributed by atoms with van der Waals surface area (Å²) >= 11 is 0. The van der Waals surface area contributed by atoms with E-state index < -0.39 is 11.2 Å². The molecule has 0 unspecified atom stereocenters. The first-order valence-electron chi connectivity index (χ1n) is 7.91. The highest BCUT2D eigenvalue weighted by Crippen LogP contribution is 2.21. The smallest absolute Gasteiger partial charge is 0.349 e. The largest absolute Gasteiger partial charge is 0.350 e. The lowest BCUT2D eigenvalue weighted by atomic mass is 10.2. The van der Waals surface area contributed by atoms with Gasteiger partial charge in [0.05, 0.1) is 11.7 Å². The van der Waals surface area contributed by atoms with Gasteiger partial charge in [-0.1, -0.05) is 41.5 Å². The third-order valence-electron chi connectivity index (χ3n) is 4.18. The van der Waals surface area contributed by atoms with E-state index in [1.165, 1.54) is 6.21 Å². The molecule has 2 N–H and O–H groups in total. The zero-order valence-electron chi connectivity index (χ0n) is 13.8. The number of aryl methyl sites for hydroxylation is 2. The van der Waals surface area contributed by atoms with Crippen molar-refractivity contribution in [2.75, 3.05) is 0 Å². The molecule has 0 saturated heterocycles. The Morgan fingerprint density at radius 1 is 0.920 bits per heavy atom. The van der Waals surface area contributed by atoms with Gasteiger partial charge in [-0.05, 0) is 31.5 Å². The lowest BCUT2D eigenvalue weighted by Gasteiger charge is -1.98. The van der Waals surface area contributed by atoms with E-state index in [0.717, 1.165) is 32.3 Å². The molecule has 25 heavy (non-hydrogen) atoms. The first kappa shape index (κ1) is 15.1. The molecule has 4 aromatic rings. The van der Waals surface area contributed by atoms with Crippen molar-refractivity contribution in [1.29, 1.82) is 0 Å². The molecule has 0 saturated carbocycles. The van der Waals surface area contributed by atoms with Gasteiger partial charge in [-0.25, -0.2) is 4.79 Å². The Hall–Kier alpha value is -3.41. The summed E-state index contributed by atoms with van der Waals surface area (Å²) in [5.41, 5.74) is 3.59. The van der Waals surface area contributed by atoms with E-state index in [4.69, 9.17) is 0 Å². The quantitative estimate of drug-likeness (QED) is 0.553. The Morgan fingerprint density at radius 2 is 1.64 bits per heavy atom. The summed E-state index contributed by atoms with van der Waals surface area (Å²) in [5, 5.41) is 4.88. The van der Waals surface area contributed by atoms with Crippen LogP contribution >= 0.6 is 0 Å². The van der Waals surface area contributed by atoms with Crippen LogP contribution in [0.5, 0.6) is 0 Å². The zero-order chi connectivity index (χ0) is 17.6. The Kier molecular flexibility index (Phi) is 3.39. The van der Waals surface area contributed by atoms with Gasteiger partial charge in [0.15, 0.2) is 0 Å². The summed E-state index contributed by atoms with van der Waals surface area (Å²) in [5.74, 6) is 0. The number of hydrogen-bond donors (Lipinski definition) is 2. The van der Waals surface area contributed by atoms with Crippen molar-refractivity contribution < 1.29 is 0 Å². The predicted molar refractivity (Wildman–Crippen MR) is 99.6 cm³/mol. The highest BCUT2D eigenvalue weighted by Gasteiger charge is 2.12. The average molecular weight is 332 g/mol. The van der Waals surface area contributed by atoms with Gasteiger partial charge in [-0.2, -0.15) is 5.10 Å². The van der Waals surface area contributed by atoms with Crippen LogP contribution in [0.3, 0.4) is 0 Å². The second-order valence-electron chi connectivity index (χ2n) is 6.13. The fraction of sp³-hybridized carbons (Fsp3) is 0.105. The van der Waals surface area contributed by atoms with Crippen LogP contribution < -0.4 is 11.2 Å². The number of aromatic amines is 2. The molecule has 2 aromatic heterocycles. The van der Waals surface area contributed by atoms with Gasteiger partial charge in [-0.15, -0.1) is 4.68 Å². The third kappa shape index (κ3) is 2.57. The van der Waals surface area contributed by atoms with Gasteiger partial charge in [-0.3, -0.25) is 4.79 Å². The lowest BCUT2D eigenvalue weighted by Crippen LogP contribution is -2.32. The minimum absolute atomic E-state index is 0.334. The first-order valence-corrected chi connectivity index (χ1v) is 7.91. The van der Waals surface area contributed by atoms with Crippen molar-refractivity contribution in [3.63, 3.8) is 0 Å². The molecule has 0 radical (unpaired) electrons. The molecule has 6 heteroatoms. The first-order chi connectivity index (χ1) is 12.0. The van der Waals surface area contributed by atoms with Gasteiger partial charge in [0, 0.05) is 10.9 Å². The summed E-state index contributed by atoms with van der Waals surface area (Å²) in [4.78, 5) is 30.8. The van der Waals surface area contributed by atoms with Crippen LogP contribution in [0, 0.1) is 13.8 Å². The van der Waals surface area contributed by atoms with Crippen LogP contribution in [0.1, 0.15) is 16.7 Å². The molecule has 0 aliphatic rings. The molecule has 0 aliphatic heterocycles. The zero-order valence-corrected chi connectivity index (χ0v) is 13.8. The molecule has 2 heterocycles. The van der Waals surface area contributed by atoms with Crippen molar-refractivity contribution in [3.05, 3.63) is 80.0 Å². The SMILES string of the molecule is Cc1ccc(/C=N/n2c(=O)[nH]c3c([nH]c4ccc(C)cc43)c2=O)cc1. The standard InChI is InChI=1S/C19H16N4O2/c1-11-3-6-13(7-4-11)10-20-23-18(24)17-16(22-19(23)25)14-9-12(2)5-8-15(14)21-17/h3-10,21H,1-2H3,(H,22,25)/b20-10+. The van der Waals surface area contributed by atoms with E-state index in [-0.39, 0.29) is 0 Å². The van der Waals surface area contributed by atoms with E-state index in [2.05, 4.69) is 15.1 Å². The molecule has 0 fully saturated rings. The van der Waals surface area contributed by atoms with Gasteiger partial charge in [0.2, 0.25) is 0 Å². The minimum Gasteiger partial charge on any atom is -0.349 e. The number of rotatable bonds is 2. The number of benzene rings is 2. The number of fused-ring (bicyclic) bond motifs is 3. The number of nitrogens with zero attached hydrogens (tertiary/aromatic N) is 2. The van der Waals surface area contributed by atoms with E-state index in [1.807, 2.05) is 56.3 Å². The maximum atomic E-state index is 12.7. The van der Waals surface area contributed by atoms with Crippen LogP contribution in [0.2, 0.25) is 0 Å². The highest BCUT2D eigenvalue weighted by atomic mass is 16.2. The predicted octanol–water partition coefficient (Wildman–Crippen LogP) is 2.67. The number of hydrogen-bond acceptors (Lipinski definition) is 3. The van der Waals surface area contributed by atoms with Crippen molar-refractivity contribution in [3.8, 4) is 0 Å². The molecule has 0 amide bonds. The van der Waals surface area contributed by atoms with Crippen LogP contribution in [-0.2, 0) is 0 Å². The maximum Gasteiger partial charge on any atom is 0.350 e. The highest BCUT2D eigenvalue weighted by molar-refractivity contribution is 6.04. The van der Waals surface area contributed by atoms with E-state index in [9.17, 15) is 9.59 Å². The second kappa shape index (κ2) is 5.59. The molecule has 2 aromatic carbocycles. The molecule has 4 rings (SSSR count). The summed E-state index contributed by atoms with van der Waals surface area (Å²) in [6.45, 7) is 3.95. The Bertz CT molecular complexity index is 1240. The number of H-pyrrole nitrogens is 2. The van der Waals surface area contributed by atoms with Crippen molar-refractivity contribution in [1.82, 2.24) is 14.6 Å². The maximum absolute atomic E-state index is 12.7. The second-order valence-corrected chi connectivity index (χ2v) is 6.13. The number of nitrogens with one attached hydrogen (secondary N) is 2. The summed E-state index contributed by atoms with van der Waals surface area (Å²) in [7, 11) is 0. The van der Waals surface area contributed by atoms with E-state index >= 15 is 0 Å². The van der Waals surface area contributed by atoms with Crippen LogP contribution in [-0.4, -0.2) is 20.9 Å². The molecule has 124 valence electrons. The lowest BCUT2D eigenvalue weighted by molar-refractivity contribution is 0.770. The van der Waals surface area contributed by atoms with Crippen LogP contribution in [0.15, 0.2) is 57.2 Å². The van der Waals surface area contributed by atoms with E-state index in [1.54, 1.807) is 0 Å². The Labute approximate surface area is 142 Å². The summed E-state index contributed by atoms with van der Waals surface area (Å²) in [6, 6.07) is 13.4. The fourth-order valence-electron chi connectivity index (χ4n) is 2.84. The average Bonchev–Trinajstić information content (AvgIpc) is 2.94. The minimum atomic E-state index is -0.566. The monoisotopic (exact) mass is 332 g/mol. The molecule has 0 spiro atoms. The molecule has 0 bridgehead atoms. The van der Waals surface area contributed by atoms with Gasteiger partial charge >= 0.3 is 11.2 Å². The normalized spacial score (nSPS) is 11.8. The molecular weight excluding hydrogens is 316 g/mol. The van der Waals surface area contributed by atoms with Gasteiger partial charge in [0.1, 0.15) is 5.52 Å². The molecule has 0 aliphatic carbocycles. The summed E-state index contributed by atoms with van der Waals surface area (Å²) < 4.78 is 0.838. The summed E-state index contributed by atoms with van der Waals surface area (Å²) in [6.07, 6.45) is 1.49.